The molecule has 2 N–H and O–H groups in total. The summed E-state index contributed by atoms with van der Waals surface area (Å²) in [4.78, 5) is 10.7. The van der Waals surface area contributed by atoms with Crippen LogP contribution in [-0.4, -0.2) is 48.2 Å². The molecule has 10 heteroatoms. The fourth-order valence-corrected chi connectivity index (χ4v) is 4.89. The SMILES string of the molecule is CCCCB1O[C@H]2C[C@@H](O1)[C@H](C=C[C@@H](O)COc1cccc(C(F)(F)F)c1)[C@H]2CC=CCCCC(=O)O. The van der Waals surface area contributed by atoms with E-state index in [4.69, 9.17) is 19.2 Å². The molecule has 0 radical (unpaired) electrons. The van der Waals surface area contributed by atoms with Crippen LogP contribution in [-0.2, 0) is 20.3 Å². The quantitative estimate of drug-likeness (QED) is 0.179. The van der Waals surface area contributed by atoms with Gasteiger partial charge in [0.25, 0.3) is 0 Å². The Kier molecular flexibility index (Phi) is 11.1. The molecule has 204 valence electrons. The van der Waals surface area contributed by atoms with Gasteiger partial charge in [0.15, 0.2) is 0 Å². The number of unbranched alkanes of at least 4 members (excludes halogenated alkanes) is 2. The lowest BCUT2D eigenvalue weighted by Gasteiger charge is -2.27. The standard InChI is InChI=1S/C27H36BF3O6/c1-2-3-15-28-36-24-17-25(37-28)23(22(24)11-6-4-5-7-12-26(33)34)14-13-20(32)18-35-21-10-8-9-19(16-21)27(29,30)31/h4,6,8-10,13-14,16,20,22-25,32H,2-3,5,7,11-12,15,17-18H2,1H3,(H,33,34)/t20-,22-,23-,24+,25-/m1/s1. The number of aliphatic hydroxyl groups excluding tert-OH is 1. The second-order valence-electron chi connectivity index (χ2n) is 9.68. The van der Waals surface area contributed by atoms with Gasteiger partial charge in [0.1, 0.15) is 18.5 Å². The minimum absolute atomic E-state index is 0.00324. The summed E-state index contributed by atoms with van der Waals surface area (Å²) in [6, 6.07) is 4.58. The van der Waals surface area contributed by atoms with Crippen molar-refractivity contribution in [2.75, 3.05) is 6.61 Å². The van der Waals surface area contributed by atoms with E-state index >= 15 is 0 Å². The second-order valence-corrected chi connectivity index (χ2v) is 9.68. The van der Waals surface area contributed by atoms with Gasteiger partial charge in [-0.05, 0) is 56.1 Å². The third-order valence-corrected chi connectivity index (χ3v) is 6.79. The highest BCUT2D eigenvalue weighted by molar-refractivity contribution is 6.44. The number of carbonyl (C=O) groups is 1. The molecule has 1 heterocycles. The number of allylic oxidation sites excluding steroid dienone is 2. The second kappa shape index (κ2) is 14.0. The maximum absolute atomic E-state index is 12.9. The lowest BCUT2D eigenvalue weighted by atomic mass is 9.80. The van der Waals surface area contributed by atoms with Crippen molar-refractivity contribution < 1.29 is 42.2 Å². The topological polar surface area (TPSA) is 85.2 Å². The van der Waals surface area contributed by atoms with Crippen LogP contribution in [0.15, 0.2) is 48.6 Å². The van der Waals surface area contributed by atoms with Crippen LogP contribution in [0.1, 0.15) is 57.4 Å². The van der Waals surface area contributed by atoms with E-state index in [-0.39, 0.29) is 49.9 Å². The average molecular weight is 524 g/mol. The third-order valence-electron chi connectivity index (χ3n) is 6.79. The van der Waals surface area contributed by atoms with E-state index in [2.05, 4.69) is 13.0 Å². The maximum atomic E-state index is 12.9. The van der Waals surface area contributed by atoms with Gasteiger partial charge in [0.05, 0.1) is 11.7 Å². The molecular formula is C27H36BF3O6. The molecule has 1 aliphatic carbocycles. The van der Waals surface area contributed by atoms with Crippen molar-refractivity contribution in [3.8, 4) is 5.75 Å². The summed E-state index contributed by atoms with van der Waals surface area (Å²) in [7, 11) is -0.252. The van der Waals surface area contributed by atoms with E-state index in [1.807, 2.05) is 12.2 Å². The highest BCUT2D eigenvalue weighted by Crippen LogP contribution is 2.44. The van der Waals surface area contributed by atoms with Gasteiger partial charge < -0.3 is 24.3 Å². The van der Waals surface area contributed by atoms with Crippen molar-refractivity contribution in [1.82, 2.24) is 0 Å². The first kappa shape index (κ1) is 29.3. The molecule has 0 aromatic heterocycles. The monoisotopic (exact) mass is 524 g/mol. The van der Waals surface area contributed by atoms with Crippen LogP contribution in [0.2, 0.25) is 6.32 Å². The molecule has 6 nitrogen and oxygen atoms in total. The highest BCUT2D eigenvalue weighted by atomic mass is 19.4. The number of hydrogen-bond donors (Lipinski definition) is 2. The summed E-state index contributed by atoms with van der Waals surface area (Å²) in [5.74, 6) is -0.619. The van der Waals surface area contributed by atoms with Gasteiger partial charge >= 0.3 is 19.3 Å². The number of rotatable bonds is 14. The Morgan fingerprint density at radius 1 is 1.24 bits per heavy atom. The number of aliphatic carboxylic acids is 1. The zero-order valence-corrected chi connectivity index (χ0v) is 21.1. The van der Waals surface area contributed by atoms with Gasteiger partial charge in [-0.3, -0.25) is 4.79 Å². The van der Waals surface area contributed by atoms with Crippen LogP contribution in [0.4, 0.5) is 13.2 Å². The Hall–Kier alpha value is -2.30. The van der Waals surface area contributed by atoms with E-state index < -0.39 is 23.8 Å². The van der Waals surface area contributed by atoms with E-state index in [1.54, 1.807) is 6.08 Å². The van der Waals surface area contributed by atoms with E-state index in [9.17, 15) is 23.1 Å². The molecular weight excluding hydrogens is 488 g/mol. The average Bonchev–Trinajstić information content (AvgIpc) is 3.10. The smallest absolute Gasteiger partial charge is 0.457 e. The number of alkyl halides is 3. The Bertz CT molecular complexity index is 922. The van der Waals surface area contributed by atoms with Crippen LogP contribution in [0.5, 0.6) is 5.75 Å². The molecule has 1 aliphatic heterocycles. The minimum atomic E-state index is -4.46. The lowest BCUT2D eigenvalue weighted by molar-refractivity contribution is -0.138. The molecule has 1 saturated carbocycles. The van der Waals surface area contributed by atoms with Gasteiger partial charge in [0, 0.05) is 18.4 Å². The van der Waals surface area contributed by atoms with Crippen LogP contribution in [0, 0.1) is 11.8 Å². The minimum Gasteiger partial charge on any atom is -0.491 e. The third kappa shape index (κ3) is 9.19. The summed E-state index contributed by atoms with van der Waals surface area (Å²) >= 11 is 0. The predicted octanol–water partition coefficient (Wildman–Crippen LogP) is 5.91. The molecule has 2 aliphatic rings. The number of carboxylic acids is 1. The number of halogens is 3. The van der Waals surface area contributed by atoms with Gasteiger partial charge in [0.2, 0.25) is 0 Å². The van der Waals surface area contributed by atoms with Crippen molar-refractivity contribution in [3.05, 3.63) is 54.1 Å². The van der Waals surface area contributed by atoms with Crippen molar-refractivity contribution in [2.24, 2.45) is 11.8 Å². The van der Waals surface area contributed by atoms with Crippen molar-refractivity contribution in [3.63, 3.8) is 0 Å². The molecule has 37 heavy (non-hydrogen) atoms. The normalized spacial score (nSPS) is 24.7. The zero-order valence-electron chi connectivity index (χ0n) is 21.1. The van der Waals surface area contributed by atoms with Gasteiger partial charge in [-0.25, -0.2) is 0 Å². The fraction of sp³-hybridized carbons (Fsp3) is 0.593. The van der Waals surface area contributed by atoms with Crippen molar-refractivity contribution in [2.45, 2.75) is 82.7 Å². The van der Waals surface area contributed by atoms with E-state index in [0.717, 1.165) is 44.1 Å². The molecule has 1 aromatic rings. The Morgan fingerprint density at radius 3 is 2.76 bits per heavy atom. The molecule has 0 unspecified atom stereocenters. The molecule has 2 bridgehead atoms. The Labute approximate surface area is 216 Å². The first-order valence-electron chi connectivity index (χ1n) is 13.0. The predicted molar refractivity (Wildman–Crippen MR) is 134 cm³/mol. The summed E-state index contributed by atoms with van der Waals surface area (Å²) in [6.07, 6.45) is 7.90. The molecule has 0 spiro atoms. The first-order valence-corrected chi connectivity index (χ1v) is 13.0. The molecule has 1 saturated heterocycles. The summed E-state index contributed by atoms with van der Waals surface area (Å²) in [6.45, 7) is 1.94. The van der Waals surface area contributed by atoms with Gasteiger partial charge in [-0.1, -0.05) is 50.1 Å². The number of fused-ring (bicyclic) bond motifs is 2. The largest absolute Gasteiger partial charge is 0.491 e. The Morgan fingerprint density at radius 2 is 2.03 bits per heavy atom. The summed E-state index contributed by atoms with van der Waals surface area (Å²) in [5.41, 5.74) is -0.804. The highest BCUT2D eigenvalue weighted by Gasteiger charge is 2.49. The molecule has 2 fully saturated rings. The molecule has 3 rings (SSSR count). The molecule has 0 amide bonds. The zero-order chi connectivity index (χ0) is 26.8. The van der Waals surface area contributed by atoms with Gasteiger partial charge in [-0.15, -0.1) is 0 Å². The van der Waals surface area contributed by atoms with Crippen molar-refractivity contribution in [1.29, 1.82) is 0 Å². The van der Waals surface area contributed by atoms with Crippen LogP contribution in [0.25, 0.3) is 0 Å². The van der Waals surface area contributed by atoms with E-state index in [1.165, 1.54) is 12.1 Å². The summed E-state index contributed by atoms with van der Waals surface area (Å²) in [5, 5.41) is 19.2. The summed E-state index contributed by atoms with van der Waals surface area (Å²) < 4.78 is 56.6. The number of aliphatic hydroxyl groups is 1. The Balaban J connectivity index is 1.60. The van der Waals surface area contributed by atoms with Crippen LogP contribution in [0.3, 0.4) is 0 Å². The van der Waals surface area contributed by atoms with Crippen molar-refractivity contribution >= 4 is 13.1 Å². The number of hydrogen-bond acceptors (Lipinski definition) is 5. The van der Waals surface area contributed by atoms with Crippen LogP contribution >= 0.6 is 0 Å². The molecule has 5 atom stereocenters. The number of benzene rings is 1. The maximum Gasteiger partial charge on any atom is 0.457 e. The van der Waals surface area contributed by atoms with E-state index in [0.29, 0.717) is 12.8 Å². The number of ether oxygens (including phenoxy) is 1. The number of carboxylic acid groups (broad SMARTS) is 1. The van der Waals surface area contributed by atoms with Gasteiger partial charge in [-0.2, -0.15) is 13.2 Å². The lowest BCUT2D eigenvalue weighted by Crippen LogP contribution is -2.37. The first-order chi connectivity index (χ1) is 17.7. The fourth-order valence-electron chi connectivity index (χ4n) is 4.89. The van der Waals surface area contributed by atoms with Crippen LogP contribution < -0.4 is 4.74 Å². The molecule has 1 aromatic carbocycles.